The van der Waals surface area contributed by atoms with Crippen LogP contribution in [0.3, 0.4) is 0 Å². The summed E-state index contributed by atoms with van der Waals surface area (Å²) >= 11 is 1.41. The van der Waals surface area contributed by atoms with Crippen molar-refractivity contribution in [2.45, 2.75) is 19.4 Å². The number of nitrogens with zero attached hydrogens (tertiary/aromatic N) is 3. The van der Waals surface area contributed by atoms with Crippen molar-refractivity contribution in [3.05, 3.63) is 58.8 Å². The lowest BCUT2D eigenvalue weighted by molar-refractivity contribution is -0.138. The number of hydrogen-bond donors (Lipinski definition) is 1. The highest BCUT2D eigenvalue weighted by atomic mass is 32.2. The second kappa shape index (κ2) is 11.9. The average molecular weight is 501 g/mol. The van der Waals surface area contributed by atoms with Gasteiger partial charge in [-0.25, -0.2) is 9.79 Å². The highest BCUT2D eigenvalue weighted by molar-refractivity contribution is 8.16. The Labute approximate surface area is 210 Å². The molecule has 0 aromatic heterocycles. The van der Waals surface area contributed by atoms with Crippen molar-refractivity contribution in [2.24, 2.45) is 4.99 Å². The van der Waals surface area contributed by atoms with Crippen molar-refractivity contribution in [3.8, 4) is 11.5 Å². The van der Waals surface area contributed by atoms with Gasteiger partial charge < -0.3 is 29.3 Å². The van der Waals surface area contributed by atoms with Crippen LogP contribution < -0.4 is 14.8 Å². The van der Waals surface area contributed by atoms with E-state index in [2.05, 4.69) is 16.9 Å². The van der Waals surface area contributed by atoms with Gasteiger partial charge in [0, 0.05) is 24.4 Å². The Morgan fingerprint density at radius 2 is 2.06 bits per heavy atom. The van der Waals surface area contributed by atoms with Crippen LogP contribution in [-0.4, -0.2) is 74.9 Å². The van der Waals surface area contributed by atoms with Crippen LogP contribution in [-0.2, 0) is 14.3 Å². The summed E-state index contributed by atoms with van der Waals surface area (Å²) in [7, 11) is 7.02. The molecule has 0 radical (unpaired) electrons. The summed E-state index contributed by atoms with van der Waals surface area (Å²) in [5, 5.41) is 5.52. The lowest BCUT2D eigenvalue weighted by atomic mass is 9.92. The summed E-state index contributed by atoms with van der Waals surface area (Å²) in [4.78, 5) is 34.5. The van der Waals surface area contributed by atoms with E-state index in [0.717, 1.165) is 12.2 Å². The number of carbonyl (C=O) groups excluding carboxylic acids is 2. The van der Waals surface area contributed by atoms with E-state index in [-0.39, 0.29) is 18.9 Å². The highest BCUT2D eigenvalue weighted by Gasteiger charge is 2.42. The van der Waals surface area contributed by atoms with Gasteiger partial charge in [0.05, 0.1) is 38.0 Å². The molecule has 3 rings (SSSR count). The SMILES string of the molecule is C=CCOC(=O)C1=C(C)N=C2SC=C(CC(=O)NCCN(C)C)N2[C@H]1c1cccc(OC)c1OC. The number of ether oxygens (including phenoxy) is 3. The van der Waals surface area contributed by atoms with E-state index in [9.17, 15) is 9.59 Å². The molecule has 9 nitrogen and oxygen atoms in total. The fourth-order valence-corrected chi connectivity index (χ4v) is 4.87. The summed E-state index contributed by atoms with van der Waals surface area (Å²) in [5.41, 5.74) is 2.33. The number of hydrogen-bond acceptors (Lipinski definition) is 9. The minimum absolute atomic E-state index is 0.0693. The van der Waals surface area contributed by atoms with E-state index in [1.807, 2.05) is 41.4 Å². The van der Waals surface area contributed by atoms with Crippen LogP contribution in [0.4, 0.5) is 0 Å². The third-order valence-corrected chi connectivity index (χ3v) is 6.39. The van der Waals surface area contributed by atoms with Crippen LogP contribution in [0.15, 0.2) is 58.2 Å². The molecule has 1 atom stereocenters. The predicted octanol–water partition coefficient (Wildman–Crippen LogP) is 3.08. The summed E-state index contributed by atoms with van der Waals surface area (Å²) in [5.74, 6) is 0.407. The minimum atomic E-state index is -0.624. The molecular formula is C25H32N4O5S. The first-order valence-corrected chi connectivity index (χ1v) is 12.0. The van der Waals surface area contributed by atoms with Crippen LogP contribution >= 0.6 is 11.8 Å². The third-order valence-electron chi connectivity index (χ3n) is 5.50. The Morgan fingerprint density at radius 3 is 2.71 bits per heavy atom. The maximum absolute atomic E-state index is 13.2. The van der Waals surface area contributed by atoms with Crippen molar-refractivity contribution < 1.29 is 23.8 Å². The van der Waals surface area contributed by atoms with Crippen molar-refractivity contribution in [3.63, 3.8) is 0 Å². The predicted molar refractivity (Wildman–Crippen MR) is 137 cm³/mol. The number of thioether (sulfide) groups is 1. The number of fused-ring (bicyclic) bond motifs is 1. The Balaban J connectivity index is 2.03. The van der Waals surface area contributed by atoms with Gasteiger partial charge in [0.15, 0.2) is 16.7 Å². The average Bonchev–Trinajstić information content (AvgIpc) is 3.22. The lowest BCUT2D eigenvalue weighted by Gasteiger charge is -2.37. The van der Waals surface area contributed by atoms with E-state index in [0.29, 0.717) is 40.0 Å². The highest BCUT2D eigenvalue weighted by Crippen LogP contribution is 2.48. The minimum Gasteiger partial charge on any atom is -0.493 e. The molecule has 1 amide bonds. The molecule has 0 unspecified atom stereocenters. The number of allylic oxidation sites excluding steroid dienone is 1. The molecule has 10 heteroatoms. The third kappa shape index (κ3) is 5.88. The smallest absolute Gasteiger partial charge is 0.338 e. The number of methoxy groups -OCH3 is 2. The zero-order chi connectivity index (χ0) is 25.5. The standard InChI is InChI=1S/C25H32N4O5S/c1-7-13-34-24(31)21-16(2)27-25-29(17(15-35-25)14-20(30)26-11-12-28(3)4)22(21)18-9-8-10-19(32-5)23(18)33-6/h7-10,15,22H,1,11-14H2,2-6H3,(H,26,30)/t22-/m0/s1. The first-order chi connectivity index (χ1) is 16.8. The molecule has 0 fully saturated rings. The summed E-state index contributed by atoms with van der Waals surface area (Å²) in [6.07, 6.45) is 1.65. The van der Waals surface area contributed by atoms with Crippen LogP contribution in [0.1, 0.15) is 24.9 Å². The van der Waals surface area contributed by atoms with Crippen molar-refractivity contribution in [1.29, 1.82) is 0 Å². The monoisotopic (exact) mass is 500 g/mol. The summed E-state index contributed by atoms with van der Waals surface area (Å²) in [6.45, 7) is 6.75. The Bertz CT molecular complexity index is 1080. The number of rotatable bonds is 11. The Kier molecular flexibility index (Phi) is 9.00. The molecule has 0 aliphatic carbocycles. The second-order valence-corrected chi connectivity index (χ2v) is 9.03. The van der Waals surface area contributed by atoms with E-state index in [1.165, 1.54) is 17.8 Å². The van der Waals surface area contributed by atoms with Crippen LogP contribution in [0.25, 0.3) is 0 Å². The van der Waals surface area contributed by atoms with Crippen LogP contribution in [0.2, 0.25) is 0 Å². The van der Waals surface area contributed by atoms with E-state index < -0.39 is 12.0 Å². The first-order valence-electron chi connectivity index (χ1n) is 11.2. The molecule has 0 spiro atoms. The number of para-hydroxylation sites is 1. The Morgan fingerprint density at radius 1 is 1.29 bits per heavy atom. The largest absolute Gasteiger partial charge is 0.493 e. The fourth-order valence-electron chi connectivity index (χ4n) is 3.91. The van der Waals surface area contributed by atoms with Gasteiger partial charge in [-0.2, -0.15) is 0 Å². The van der Waals surface area contributed by atoms with E-state index >= 15 is 0 Å². The molecule has 0 saturated heterocycles. The molecular weight excluding hydrogens is 468 g/mol. The number of carbonyl (C=O) groups is 2. The summed E-state index contributed by atoms with van der Waals surface area (Å²) in [6, 6.07) is 4.88. The van der Waals surface area contributed by atoms with Crippen molar-refractivity contribution >= 4 is 28.8 Å². The molecule has 0 saturated carbocycles. The quantitative estimate of drug-likeness (QED) is 0.366. The topological polar surface area (TPSA) is 92.7 Å². The number of esters is 1. The van der Waals surface area contributed by atoms with Gasteiger partial charge in [-0.3, -0.25) is 4.79 Å². The second-order valence-electron chi connectivity index (χ2n) is 8.19. The molecule has 1 aromatic carbocycles. The zero-order valence-corrected chi connectivity index (χ0v) is 21.6. The molecule has 2 aliphatic heterocycles. The number of amides is 1. The van der Waals surface area contributed by atoms with Crippen LogP contribution in [0, 0.1) is 0 Å². The number of benzene rings is 1. The molecule has 2 heterocycles. The molecule has 1 N–H and O–H groups in total. The van der Waals surface area contributed by atoms with Gasteiger partial charge in [0.1, 0.15) is 6.61 Å². The van der Waals surface area contributed by atoms with E-state index in [4.69, 9.17) is 14.2 Å². The zero-order valence-electron chi connectivity index (χ0n) is 20.8. The van der Waals surface area contributed by atoms with Gasteiger partial charge in [-0.1, -0.05) is 36.5 Å². The molecule has 35 heavy (non-hydrogen) atoms. The van der Waals surface area contributed by atoms with E-state index in [1.54, 1.807) is 27.2 Å². The van der Waals surface area contributed by atoms with Crippen molar-refractivity contribution in [2.75, 3.05) is 48.0 Å². The molecule has 2 aliphatic rings. The van der Waals surface area contributed by atoms with Gasteiger partial charge >= 0.3 is 5.97 Å². The van der Waals surface area contributed by atoms with Crippen LogP contribution in [0.5, 0.6) is 11.5 Å². The molecule has 188 valence electrons. The number of amidine groups is 1. The van der Waals surface area contributed by atoms with Crippen molar-refractivity contribution in [1.82, 2.24) is 15.1 Å². The van der Waals surface area contributed by atoms with Gasteiger partial charge in [-0.05, 0) is 32.5 Å². The first kappa shape index (κ1) is 26.4. The number of likely N-dealkylation sites (N-methyl/N-ethyl adjacent to an activating group) is 1. The number of aliphatic imine (C=N–C) groups is 1. The van der Waals surface area contributed by atoms with Gasteiger partial charge in [0.2, 0.25) is 5.91 Å². The maximum atomic E-state index is 13.2. The Hall–Kier alpha value is -3.24. The fraction of sp³-hybridized carbons (Fsp3) is 0.400. The lowest BCUT2D eigenvalue weighted by Crippen LogP contribution is -2.38. The normalized spacial score (nSPS) is 17.0. The number of nitrogens with one attached hydrogen (secondary N) is 1. The van der Waals surface area contributed by atoms with Gasteiger partial charge in [-0.15, -0.1) is 0 Å². The van der Waals surface area contributed by atoms with Gasteiger partial charge in [0.25, 0.3) is 0 Å². The maximum Gasteiger partial charge on any atom is 0.338 e. The summed E-state index contributed by atoms with van der Waals surface area (Å²) < 4.78 is 16.7. The molecule has 1 aromatic rings. The molecule has 0 bridgehead atoms.